The van der Waals surface area contributed by atoms with Crippen LogP contribution in [0, 0.1) is 21.8 Å². The van der Waals surface area contributed by atoms with Crippen LogP contribution in [0.25, 0.3) is 11.1 Å². The maximum Gasteiger partial charge on any atom is 0.266 e. The topological polar surface area (TPSA) is 65.9 Å². The fourth-order valence-corrected chi connectivity index (χ4v) is 3.14. The van der Waals surface area contributed by atoms with Crippen LogP contribution in [-0.2, 0) is 0 Å². The lowest BCUT2D eigenvalue weighted by atomic mass is 10.0. The van der Waals surface area contributed by atoms with Crippen LogP contribution in [0.15, 0.2) is 27.5 Å². The number of aromatic nitrogens is 1. The number of nitrogens with one attached hydrogen (secondary N) is 1. The zero-order valence-corrected chi connectivity index (χ0v) is 14.5. The molecule has 1 N–H and O–H groups in total. The first kappa shape index (κ1) is 15.1. The molecule has 4 nitrogen and oxygen atoms in total. The van der Waals surface area contributed by atoms with Crippen LogP contribution >= 0.6 is 38.5 Å². The Kier molecular flexibility index (Phi) is 4.50. The van der Waals surface area contributed by atoms with E-state index in [0.717, 1.165) is 13.6 Å². The molecule has 6 heteroatoms. The standard InChI is InChI=1S/C14H10BrIN2O2/c1-7-3-8(10(6-17)14(19)18-7)9-4-11(15)13(20-2)5-12(9)16/h3-5H,1-2H3,(H,18,19). The molecule has 0 amide bonds. The van der Waals surface area contributed by atoms with Crippen molar-refractivity contribution >= 4 is 38.5 Å². The van der Waals surface area contributed by atoms with Crippen LogP contribution in [0.2, 0.25) is 0 Å². The van der Waals surface area contributed by atoms with Crippen molar-refractivity contribution in [2.24, 2.45) is 0 Å². The van der Waals surface area contributed by atoms with Crippen molar-refractivity contribution < 1.29 is 4.74 Å². The largest absolute Gasteiger partial charge is 0.496 e. The first-order valence-electron chi connectivity index (χ1n) is 5.65. The first-order valence-corrected chi connectivity index (χ1v) is 7.52. The third-order valence-electron chi connectivity index (χ3n) is 2.81. The summed E-state index contributed by atoms with van der Waals surface area (Å²) in [6.07, 6.45) is 0. The summed E-state index contributed by atoms with van der Waals surface area (Å²) in [7, 11) is 1.59. The number of hydrogen-bond acceptors (Lipinski definition) is 3. The van der Waals surface area contributed by atoms with Gasteiger partial charge in [-0.1, -0.05) is 0 Å². The van der Waals surface area contributed by atoms with E-state index in [1.54, 1.807) is 20.1 Å². The van der Waals surface area contributed by atoms with Crippen molar-refractivity contribution in [3.8, 4) is 22.9 Å². The van der Waals surface area contributed by atoms with E-state index in [2.05, 4.69) is 43.5 Å². The van der Waals surface area contributed by atoms with Gasteiger partial charge in [-0.3, -0.25) is 4.79 Å². The summed E-state index contributed by atoms with van der Waals surface area (Å²) in [4.78, 5) is 14.5. The molecular formula is C14H10BrIN2O2. The number of pyridine rings is 1. The summed E-state index contributed by atoms with van der Waals surface area (Å²) in [6.45, 7) is 1.79. The minimum absolute atomic E-state index is 0.116. The van der Waals surface area contributed by atoms with Gasteiger partial charge in [0.05, 0.1) is 11.6 Å². The monoisotopic (exact) mass is 444 g/mol. The number of hydrogen-bond donors (Lipinski definition) is 1. The predicted molar refractivity (Wildman–Crippen MR) is 88.9 cm³/mol. The van der Waals surface area contributed by atoms with Crippen LogP contribution in [0.5, 0.6) is 5.75 Å². The van der Waals surface area contributed by atoms with Gasteiger partial charge in [0.15, 0.2) is 0 Å². The SMILES string of the molecule is COc1cc(I)c(-c2cc(C)[nH]c(=O)c2C#N)cc1Br. The lowest BCUT2D eigenvalue weighted by molar-refractivity contribution is 0.412. The Labute approximate surface area is 138 Å². The van der Waals surface area contributed by atoms with Crippen LogP contribution in [0.4, 0.5) is 0 Å². The van der Waals surface area contributed by atoms with E-state index in [0.29, 0.717) is 17.0 Å². The summed E-state index contributed by atoms with van der Waals surface area (Å²) >= 11 is 5.59. The van der Waals surface area contributed by atoms with Crippen molar-refractivity contribution in [3.63, 3.8) is 0 Å². The normalized spacial score (nSPS) is 10.2. The van der Waals surface area contributed by atoms with E-state index in [1.807, 2.05) is 18.2 Å². The number of benzene rings is 1. The molecule has 0 radical (unpaired) electrons. The maximum absolute atomic E-state index is 11.9. The van der Waals surface area contributed by atoms with Gasteiger partial charge in [0.2, 0.25) is 0 Å². The second-order valence-electron chi connectivity index (χ2n) is 4.15. The molecule has 1 heterocycles. The molecule has 20 heavy (non-hydrogen) atoms. The molecule has 0 aliphatic heterocycles. The predicted octanol–water partition coefficient (Wildman–Crippen LogP) is 3.60. The van der Waals surface area contributed by atoms with Gasteiger partial charge in [-0.15, -0.1) is 0 Å². The summed E-state index contributed by atoms with van der Waals surface area (Å²) in [5, 5.41) is 9.20. The number of aryl methyl sites for hydroxylation is 1. The number of rotatable bonds is 2. The molecule has 1 aromatic heterocycles. The van der Waals surface area contributed by atoms with Gasteiger partial charge < -0.3 is 9.72 Å². The van der Waals surface area contributed by atoms with Crippen molar-refractivity contribution in [2.75, 3.05) is 7.11 Å². The second-order valence-corrected chi connectivity index (χ2v) is 6.17. The number of aromatic amines is 1. The summed E-state index contributed by atoms with van der Waals surface area (Å²) in [6, 6.07) is 7.49. The molecule has 0 aliphatic rings. The Morgan fingerprint density at radius 3 is 2.65 bits per heavy atom. The average molecular weight is 445 g/mol. The van der Waals surface area contributed by atoms with E-state index in [-0.39, 0.29) is 11.1 Å². The fraction of sp³-hybridized carbons (Fsp3) is 0.143. The van der Waals surface area contributed by atoms with Crippen molar-refractivity contribution in [1.29, 1.82) is 5.26 Å². The van der Waals surface area contributed by atoms with E-state index >= 15 is 0 Å². The van der Waals surface area contributed by atoms with Gasteiger partial charge in [-0.05, 0) is 69.2 Å². The minimum Gasteiger partial charge on any atom is -0.496 e. The van der Waals surface area contributed by atoms with Crippen molar-refractivity contribution in [3.05, 3.63) is 47.9 Å². The summed E-state index contributed by atoms with van der Waals surface area (Å²) in [5.41, 5.74) is 1.91. The number of nitriles is 1. The Morgan fingerprint density at radius 2 is 2.05 bits per heavy atom. The van der Waals surface area contributed by atoms with Gasteiger partial charge in [0.1, 0.15) is 17.4 Å². The quantitative estimate of drug-likeness (QED) is 0.719. The zero-order chi connectivity index (χ0) is 14.9. The first-order chi connectivity index (χ1) is 9.47. The molecular weight excluding hydrogens is 435 g/mol. The lowest BCUT2D eigenvalue weighted by Gasteiger charge is -2.11. The van der Waals surface area contributed by atoms with Crippen LogP contribution < -0.4 is 10.3 Å². The van der Waals surface area contributed by atoms with Crippen molar-refractivity contribution in [1.82, 2.24) is 4.98 Å². The second kappa shape index (κ2) is 5.97. The number of H-pyrrole nitrogens is 1. The van der Waals surface area contributed by atoms with Gasteiger partial charge in [0.25, 0.3) is 5.56 Å². The van der Waals surface area contributed by atoms with E-state index in [9.17, 15) is 10.1 Å². The highest BCUT2D eigenvalue weighted by molar-refractivity contribution is 14.1. The van der Waals surface area contributed by atoms with Crippen LogP contribution in [0.1, 0.15) is 11.3 Å². The third-order valence-corrected chi connectivity index (χ3v) is 4.32. The summed E-state index contributed by atoms with van der Waals surface area (Å²) in [5.74, 6) is 0.707. The smallest absolute Gasteiger partial charge is 0.266 e. The Morgan fingerprint density at radius 1 is 1.35 bits per heavy atom. The Balaban J connectivity index is 2.79. The molecule has 2 rings (SSSR count). The minimum atomic E-state index is -0.370. The number of methoxy groups -OCH3 is 1. The molecule has 2 aromatic rings. The summed E-state index contributed by atoms with van der Waals surface area (Å²) < 4.78 is 6.92. The highest BCUT2D eigenvalue weighted by Gasteiger charge is 2.15. The molecule has 0 atom stereocenters. The van der Waals surface area contributed by atoms with Gasteiger partial charge in [-0.2, -0.15) is 5.26 Å². The molecule has 102 valence electrons. The van der Waals surface area contributed by atoms with E-state index in [1.165, 1.54) is 0 Å². The van der Waals surface area contributed by atoms with Crippen molar-refractivity contribution in [2.45, 2.75) is 6.92 Å². The molecule has 0 spiro atoms. The van der Waals surface area contributed by atoms with Crippen LogP contribution in [0.3, 0.4) is 0 Å². The van der Waals surface area contributed by atoms with Gasteiger partial charge in [0, 0.05) is 14.8 Å². The fourth-order valence-electron chi connectivity index (χ4n) is 1.90. The highest BCUT2D eigenvalue weighted by atomic mass is 127. The number of halogens is 2. The third kappa shape index (κ3) is 2.74. The molecule has 0 unspecified atom stereocenters. The molecule has 0 fully saturated rings. The van der Waals surface area contributed by atoms with E-state index in [4.69, 9.17) is 4.74 Å². The lowest BCUT2D eigenvalue weighted by Crippen LogP contribution is -2.13. The van der Waals surface area contributed by atoms with E-state index < -0.39 is 0 Å². The number of ether oxygens (including phenoxy) is 1. The average Bonchev–Trinajstić information content (AvgIpc) is 2.40. The Bertz CT molecular complexity index is 778. The van der Waals surface area contributed by atoms with Gasteiger partial charge >= 0.3 is 0 Å². The molecule has 0 saturated heterocycles. The van der Waals surface area contributed by atoms with Crippen LogP contribution in [-0.4, -0.2) is 12.1 Å². The number of nitrogens with zero attached hydrogens (tertiary/aromatic N) is 1. The molecule has 1 aromatic carbocycles. The molecule has 0 saturated carbocycles. The Hall–Kier alpha value is -1.33. The molecule has 0 bridgehead atoms. The highest BCUT2D eigenvalue weighted by Crippen LogP contribution is 2.35. The zero-order valence-electron chi connectivity index (χ0n) is 10.8. The molecule has 0 aliphatic carbocycles. The maximum atomic E-state index is 11.9. The van der Waals surface area contributed by atoms with Gasteiger partial charge in [-0.25, -0.2) is 0 Å².